The van der Waals surface area contributed by atoms with Crippen LogP contribution >= 0.6 is 0 Å². The van der Waals surface area contributed by atoms with Gasteiger partial charge in [0, 0.05) is 30.5 Å². The number of nitrogens with two attached hydrogens (primary N) is 2. The molecule has 0 fully saturated rings. The third-order valence-electron chi connectivity index (χ3n) is 4.76. The Balaban J connectivity index is 1.62. The first-order valence-electron chi connectivity index (χ1n) is 8.89. The molecule has 4 N–H and O–H groups in total. The van der Waals surface area contributed by atoms with Gasteiger partial charge in [-0.1, -0.05) is 24.3 Å². The molecule has 0 saturated carbocycles. The maximum Gasteiger partial charge on any atom is 0.573 e. The summed E-state index contributed by atoms with van der Waals surface area (Å²) in [6.45, 7) is 1.31. The van der Waals surface area contributed by atoms with Gasteiger partial charge in [-0.05, 0) is 41.3 Å². The highest BCUT2D eigenvalue weighted by molar-refractivity contribution is 5.73. The molecule has 4 rings (SSSR count). The van der Waals surface area contributed by atoms with Crippen LogP contribution in [-0.4, -0.2) is 22.9 Å². The van der Waals surface area contributed by atoms with E-state index in [0.717, 1.165) is 35.3 Å². The number of hydrogen-bond donors (Lipinski definition) is 2. The molecule has 2 heterocycles. The van der Waals surface area contributed by atoms with Gasteiger partial charge < -0.3 is 21.1 Å². The molecule has 0 aliphatic carbocycles. The molecule has 0 saturated heterocycles. The Kier molecular flexibility index (Phi) is 4.65. The fourth-order valence-electron chi connectivity index (χ4n) is 3.42. The first-order chi connectivity index (χ1) is 13.8. The summed E-state index contributed by atoms with van der Waals surface area (Å²) < 4.78 is 41.6. The van der Waals surface area contributed by atoms with Crippen molar-refractivity contribution >= 4 is 17.5 Å². The van der Waals surface area contributed by atoms with Crippen LogP contribution in [0.5, 0.6) is 5.75 Å². The van der Waals surface area contributed by atoms with Crippen molar-refractivity contribution in [2.24, 2.45) is 0 Å². The molecule has 150 valence electrons. The summed E-state index contributed by atoms with van der Waals surface area (Å²) in [6.07, 6.45) is -2.26. The van der Waals surface area contributed by atoms with Crippen molar-refractivity contribution in [3.8, 4) is 16.9 Å². The van der Waals surface area contributed by atoms with E-state index < -0.39 is 6.36 Å². The molecule has 1 aromatic heterocycles. The lowest BCUT2D eigenvalue weighted by atomic mass is 10.0. The van der Waals surface area contributed by atoms with E-state index in [4.69, 9.17) is 11.5 Å². The van der Waals surface area contributed by atoms with Crippen molar-refractivity contribution in [2.75, 3.05) is 22.9 Å². The van der Waals surface area contributed by atoms with Crippen LogP contribution in [0.15, 0.2) is 48.7 Å². The van der Waals surface area contributed by atoms with Crippen LogP contribution in [0, 0.1) is 0 Å². The van der Waals surface area contributed by atoms with Crippen LogP contribution in [0.25, 0.3) is 11.1 Å². The number of anilines is 3. The summed E-state index contributed by atoms with van der Waals surface area (Å²) in [7, 11) is 0. The molecule has 9 heteroatoms. The van der Waals surface area contributed by atoms with Crippen LogP contribution in [0.1, 0.15) is 11.1 Å². The van der Waals surface area contributed by atoms with E-state index in [2.05, 4.69) is 19.6 Å². The number of halogens is 3. The Bertz CT molecular complexity index is 1050. The SMILES string of the molecule is Nc1ncc(CN2CCc3ccc(-c4cccc(OC(F)(F)F)c4)cc32)c(N)n1. The van der Waals surface area contributed by atoms with E-state index in [1.54, 1.807) is 12.3 Å². The van der Waals surface area contributed by atoms with Gasteiger partial charge in [0.2, 0.25) is 5.95 Å². The average Bonchev–Trinajstić information content (AvgIpc) is 3.05. The fourth-order valence-corrected chi connectivity index (χ4v) is 3.42. The van der Waals surface area contributed by atoms with Crippen molar-refractivity contribution in [1.82, 2.24) is 9.97 Å². The standard InChI is InChI=1S/C20H18F3N5O/c21-20(22,23)29-16-3-1-2-13(8-16)14-5-4-12-6-7-28(17(12)9-14)11-15-10-26-19(25)27-18(15)24/h1-5,8-10H,6-7,11H2,(H4,24,25,26,27). The highest BCUT2D eigenvalue weighted by Crippen LogP contribution is 2.35. The number of nitrogens with zero attached hydrogens (tertiary/aromatic N) is 3. The Labute approximate surface area is 164 Å². The number of fused-ring (bicyclic) bond motifs is 1. The molecule has 0 unspecified atom stereocenters. The van der Waals surface area contributed by atoms with Crippen LogP contribution in [0.4, 0.5) is 30.6 Å². The van der Waals surface area contributed by atoms with E-state index in [1.165, 1.54) is 18.2 Å². The molecule has 0 radical (unpaired) electrons. The smallest absolute Gasteiger partial charge is 0.406 e. The predicted octanol–water partition coefficient (Wildman–Crippen LogP) is 3.77. The maximum atomic E-state index is 12.5. The Morgan fingerprint density at radius 3 is 2.62 bits per heavy atom. The maximum absolute atomic E-state index is 12.5. The lowest BCUT2D eigenvalue weighted by molar-refractivity contribution is -0.274. The average molecular weight is 401 g/mol. The van der Waals surface area contributed by atoms with Gasteiger partial charge in [-0.15, -0.1) is 13.2 Å². The number of aromatic nitrogens is 2. The van der Waals surface area contributed by atoms with E-state index in [-0.39, 0.29) is 11.7 Å². The predicted molar refractivity (Wildman–Crippen MR) is 104 cm³/mol. The van der Waals surface area contributed by atoms with Gasteiger partial charge in [-0.2, -0.15) is 4.98 Å². The molecule has 1 aliphatic rings. The second-order valence-electron chi connectivity index (χ2n) is 6.73. The van der Waals surface area contributed by atoms with Gasteiger partial charge in [0.25, 0.3) is 0 Å². The molecule has 2 aromatic carbocycles. The lowest BCUT2D eigenvalue weighted by Gasteiger charge is -2.21. The number of rotatable bonds is 4. The summed E-state index contributed by atoms with van der Waals surface area (Å²) in [5.41, 5.74) is 15.8. The zero-order valence-corrected chi connectivity index (χ0v) is 15.3. The van der Waals surface area contributed by atoms with Crippen LogP contribution < -0.4 is 21.1 Å². The van der Waals surface area contributed by atoms with Crippen molar-refractivity contribution in [3.63, 3.8) is 0 Å². The largest absolute Gasteiger partial charge is 0.573 e. The molecule has 6 nitrogen and oxygen atoms in total. The van der Waals surface area contributed by atoms with Gasteiger partial charge in [0.05, 0.1) is 0 Å². The fraction of sp³-hybridized carbons (Fsp3) is 0.200. The second-order valence-corrected chi connectivity index (χ2v) is 6.73. The lowest BCUT2D eigenvalue weighted by Crippen LogP contribution is -2.21. The topological polar surface area (TPSA) is 90.3 Å². The summed E-state index contributed by atoms with van der Waals surface area (Å²) >= 11 is 0. The number of nitrogen functional groups attached to an aromatic ring is 2. The minimum atomic E-state index is -4.73. The van der Waals surface area contributed by atoms with Crippen LogP contribution in [0.3, 0.4) is 0 Å². The Morgan fingerprint density at radius 1 is 1.07 bits per heavy atom. The zero-order chi connectivity index (χ0) is 20.6. The summed E-state index contributed by atoms with van der Waals surface area (Å²) in [5.74, 6) is 0.203. The monoisotopic (exact) mass is 401 g/mol. The summed E-state index contributed by atoms with van der Waals surface area (Å²) in [6, 6.07) is 11.8. The summed E-state index contributed by atoms with van der Waals surface area (Å²) in [5, 5.41) is 0. The van der Waals surface area contributed by atoms with E-state index in [1.807, 2.05) is 18.2 Å². The third-order valence-corrected chi connectivity index (χ3v) is 4.76. The van der Waals surface area contributed by atoms with Crippen molar-refractivity contribution in [1.29, 1.82) is 0 Å². The van der Waals surface area contributed by atoms with Crippen molar-refractivity contribution in [3.05, 3.63) is 59.8 Å². The molecule has 0 spiro atoms. The molecule has 29 heavy (non-hydrogen) atoms. The Morgan fingerprint density at radius 2 is 1.86 bits per heavy atom. The molecule has 0 atom stereocenters. The van der Waals surface area contributed by atoms with Crippen LogP contribution in [0.2, 0.25) is 0 Å². The highest BCUT2D eigenvalue weighted by atomic mass is 19.4. The van der Waals surface area contributed by atoms with Crippen LogP contribution in [-0.2, 0) is 13.0 Å². The molecular weight excluding hydrogens is 383 g/mol. The molecular formula is C20H18F3N5O. The van der Waals surface area contributed by atoms with Gasteiger partial charge in [-0.25, -0.2) is 4.98 Å². The Hall–Kier alpha value is -3.49. The first kappa shape index (κ1) is 18.9. The molecule has 1 aliphatic heterocycles. The van der Waals surface area contributed by atoms with Gasteiger partial charge in [-0.3, -0.25) is 0 Å². The second kappa shape index (κ2) is 7.16. The minimum absolute atomic E-state index is 0.122. The van der Waals surface area contributed by atoms with E-state index in [0.29, 0.717) is 17.9 Å². The van der Waals surface area contributed by atoms with Crippen molar-refractivity contribution in [2.45, 2.75) is 19.3 Å². The quantitative estimate of drug-likeness (QED) is 0.692. The normalized spacial score (nSPS) is 13.4. The van der Waals surface area contributed by atoms with Gasteiger partial charge in [0.15, 0.2) is 0 Å². The first-order valence-corrected chi connectivity index (χ1v) is 8.89. The number of alkyl halides is 3. The molecule has 0 bridgehead atoms. The highest BCUT2D eigenvalue weighted by Gasteiger charge is 2.31. The van der Waals surface area contributed by atoms with Crippen molar-refractivity contribution < 1.29 is 17.9 Å². The number of ether oxygens (including phenoxy) is 1. The molecule has 0 amide bonds. The minimum Gasteiger partial charge on any atom is -0.406 e. The van der Waals surface area contributed by atoms with Gasteiger partial charge in [0.1, 0.15) is 11.6 Å². The summed E-state index contributed by atoms with van der Waals surface area (Å²) in [4.78, 5) is 10.1. The number of benzene rings is 2. The van der Waals surface area contributed by atoms with Gasteiger partial charge >= 0.3 is 6.36 Å². The third kappa shape index (κ3) is 4.18. The number of hydrogen-bond acceptors (Lipinski definition) is 6. The van der Waals surface area contributed by atoms with E-state index >= 15 is 0 Å². The molecule has 3 aromatic rings. The van der Waals surface area contributed by atoms with E-state index in [9.17, 15) is 13.2 Å². The zero-order valence-electron chi connectivity index (χ0n) is 15.3.